The summed E-state index contributed by atoms with van der Waals surface area (Å²) < 4.78 is 3.07. The van der Waals surface area contributed by atoms with Gasteiger partial charge in [0.1, 0.15) is 17.9 Å². The molecular weight excluding hydrogens is 431 g/mol. The minimum Gasteiger partial charge on any atom is -0.321 e. The lowest BCUT2D eigenvalue weighted by Gasteiger charge is -2.09. The van der Waals surface area contributed by atoms with Crippen LogP contribution in [0.15, 0.2) is 18.2 Å². The van der Waals surface area contributed by atoms with Crippen LogP contribution in [0.4, 0.5) is 11.4 Å². The monoisotopic (exact) mass is 450 g/mol. The van der Waals surface area contributed by atoms with Gasteiger partial charge in [0.2, 0.25) is 5.91 Å². The number of amides is 1. The molecule has 0 saturated carbocycles. The van der Waals surface area contributed by atoms with Gasteiger partial charge in [0.15, 0.2) is 0 Å². The molecule has 0 radical (unpaired) electrons. The number of nitrogens with zero attached hydrogens (tertiary/aromatic N) is 5. The van der Waals surface area contributed by atoms with Crippen LogP contribution in [0.25, 0.3) is 0 Å². The molecule has 3 aromatic rings. The Morgan fingerprint density at radius 1 is 1.10 bits per heavy atom. The third-order valence-electron chi connectivity index (χ3n) is 4.80. The second kappa shape index (κ2) is 8.45. The van der Waals surface area contributed by atoms with Crippen molar-refractivity contribution < 1.29 is 9.72 Å². The highest BCUT2D eigenvalue weighted by Gasteiger charge is 2.23. The fourth-order valence-electron chi connectivity index (χ4n) is 3.26. The second-order valence-corrected chi connectivity index (χ2v) is 7.77. The van der Waals surface area contributed by atoms with E-state index in [9.17, 15) is 14.9 Å². The molecule has 0 saturated heterocycles. The van der Waals surface area contributed by atoms with Crippen LogP contribution in [0.3, 0.4) is 0 Å². The Kier molecular flexibility index (Phi) is 6.14. The van der Waals surface area contributed by atoms with Gasteiger partial charge in [0.25, 0.3) is 0 Å². The number of hydrogen-bond acceptors (Lipinski definition) is 5. The van der Waals surface area contributed by atoms with E-state index in [2.05, 4.69) is 15.5 Å². The Bertz CT molecular complexity index is 1150. The van der Waals surface area contributed by atoms with Gasteiger partial charge in [-0.15, -0.1) is 0 Å². The number of carbonyl (C=O) groups is 1. The first kappa shape index (κ1) is 21.8. The largest absolute Gasteiger partial charge is 0.321 e. The Labute approximate surface area is 182 Å². The normalized spacial score (nSPS) is 11.0. The predicted octanol–water partition coefficient (Wildman–Crippen LogP) is 4.22. The number of halogens is 2. The highest BCUT2D eigenvalue weighted by Crippen LogP contribution is 2.25. The first-order valence-electron chi connectivity index (χ1n) is 9.04. The molecule has 1 N–H and O–H groups in total. The van der Waals surface area contributed by atoms with E-state index >= 15 is 0 Å². The quantitative estimate of drug-likeness (QED) is 0.446. The summed E-state index contributed by atoms with van der Waals surface area (Å²) in [7, 11) is 0. The molecule has 30 heavy (non-hydrogen) atoms. The molecule has 0 bridgehead atoms. The van der Waals surface area contributed by atoms with Crippen LogP contribution in [0.1, 0.15) is 28.3 Å². The molecule has 0 aliphatic rings. The lowest BCUT2D eigenvalue weighted by molar-refractivity contribution is -0.386. The van der Waals surface area contributed by atoms with Crippen LogP contribution in [-0.4, -0.2) is 30.4 Å². The van der Waals surface area contributed by atoms with Gasteiger partial charge >= 0.3 is 5.69 Å². The van der Waals surface area contributed by atoms with Gasteiger partial charge < -0.3 is 5.32 Å². The zero-order valence-corrected chi connectivity index (χ0v) is 18.4. The fraction of sp³-hybridized carbons (Fsp3) is 0.316. The van der Waals surface area contributed by atoms with E-state index < -0.39 is 4.92 Å². The van der Waals surface area contributed by atoms with E-state index in [0.29, 0.717) is 33.7 Å². The summed E-state index contributed by atoms with van der Waals surface area (Å²) in [6.07, 6.45) is 0. The van der Waals surface area contributed by atoms with Crippen molar-refractivity contribution in [2.24, 2.45) is 0 Å². The van der Waals surface area contributed by atoms with E-state index in [1.807, 2.05) is 13.0 Å². The first-order valence-corrected chi connectivity index (χ1v) is 9.80. The molecule has 0 unspecified atom stereocenters. The van der Waals surface area contributed by atoms with Crippen molar-refractivity contribution in [3.8, 4) is 0 Å². The number of nitro groups is 1. The van der Waals surface area contributed by atoms with Crippen molar-refractivity contribution in [2.75, 3.05) is 5.32 Å². The van der Waals surface area contributed by atoms with Gasteiger partial charge in [-0.3, -0.25) is 24.3 Å². The number of anilines is 1. The van der Waals surface area contributed by atoms with Gasteiger partial charge in [0.05, 0.1) is 28.5 Å². The number of rotatable bonds is 6. The maximum absolute atomic E-state index is 12.6. The number of aryl methyl sites for hydroxylation is 2. The van der Waals surface area contributed by atoms with Crippen molar-refractivity contribution in [1.29, 1.82) is 0 Å². The minimum absolute atomic E-state index is 0.0807. The minimum atomic E-state index is -0.494. The molecule has 1 aromatic carbocycles. The summed E-state index contributed by atoms with van der Waals surface area (Å²) in [6, 6.07) is 5.25. The Hall–Kier alpha value is -2.91. The van der Waals surface area contributed by atoms with Crippen molar-refractivity contribution in [1.82, 2.24) is 19.6 Å². The molecule has 158 valence electrons. The summed E-state index contributed by atoms with van der Waals surface area (Å²) in [6.45, 7) is 7.01. The summed E-state index contributed by atoms with van der Waals surface area (Å²) in [4.78, 5) is 23.2. The standard InChI is InChI=1S/C19H20Cl2N6O3/c1-10-18(12(3)25(23-10)8-14-5-6-15(20)7-16(14)21)22-17(28)9-26-13(4)19(27(29)30)11(2)24-26/h5-7H,8-9H2,1-4H3,(H,22,28). The van der Waals surface area contributed by atoms with Crippen LogP contribution in [-0.2, 0) is 17.9 Å². The number of hydrogen-bond donors (Lipinski definition) is 1. The van der Waals surface area contributed by atoms with Crippen molar-refractivity contribution in [3.05, 3.63) is 66.7 Å². The Morgan fingerprint density at radius 2 is 1.77 bits per heavy atom. The van der Waals surface area contributed by atoms with E-state index in [0.717, 1.165) is 11.3 Å². The molecule has 0 aliphatic carbocycles. The predicted molar refractivity (Wildman–Crippen MR) is 114 cm³/mol. The van der Waals surface area contributed by atoms with Gasteiger partial charge in [-0.1, -0.05) is 29.3 Å². The second-order valence-electron chi connectivity index (χ2n) is 6.92. The molecular formula is C19H20Cl2N6O3. The third-order valence-corrected chi connectivity index (χ3v) is 5.39. The zero-order valence-electron chi connectivity index (χ0n) is 16.9. The zero-order chi connectivity index (χ0) is 22.2. The smallest absolute Gasteiger partial charge is 0.312 e. The first-order chi connectivity index (χ1) is 14.1. The van der Waals surface area contributed by atoms with Crippen molar-refractivity contribution in [3.63, 3.8) is 0 Å². The highest BCUT2D eigenvalue weighted by molar-refractivity contribution is 6.35. The summed E-state index contributed by atoms with van der Waals surface area (Å²) >= 11 is 12.2. The summed E-state index contributed by atoms with van der Waals surface area (Å²) in [5, 5.41) is 23.7. The SMILES string of the molecule is Cc1nn(Cc2ccc(Cl)cc2Cl)c(C)c1NC(=O)Cn1nc(C)c([N+](=O)[O-])c1C. The van der Waals surface area contributed by atoms with Crippen LogP contribution >= 0.6 is 23.2 Å². The average molecular weight is 451 g/mol. The van der Waals surface area contributed by atoms with Gasteiger partial charge in [-0.05, 0) is 45.4 Å². The molecule has 0 atom stereocenters. The number of aromatic nitrogens is 4. The summed E-state index contributed by atoms with van der Waals surface area (Å²) in [5.74, 6) is -0.356. The molecule has 0 spiro atoms. The van der Waals surface area contributed by atoms with Crippen molar-refractivity contribution >= 4 is 40.5 Å². The fourth-order valence-corrected chi connectivity index (χ4v) is 3.73. The summed E-state index contributed by atoms with van der Waals surface area (Å²) in [5.41, 5.74) is 3.35. The van der Waals surface area contributed by atoms with Crippen LogP contribution in [0, 0.1) is 37.8 Å². The number of nitrogens with one attached hydrogen (secondary N) is 1. The van der Waals surface area contributed by atoms with Gasteiger partial charge in [0, 0.05) is 10.0 Å². The number of benzene rings is 1. The van der Waals surface area contributed by atoms with E-state index in [1.54, 1.807) is 37.6 Å². The van der Waals surface area contributed by atoms with Crippen LogP contribution in [0.5, 0.6) is 0 Å². The van der Waals surface area contributed by atoms with Crippen LogP contribution in [0.2, 0.25) is 10.0 Å². The Balaban J connectivity index is 1.78. The maximum Gasteiger partial charge on any atom is 0.312 e. The van der Waals surface area contributed by atoms with Gasteiger partial charge in [-0.25, -0.2) is 0 Å². The van der Waals surface area contributed by atoms with E-state index in [1.165, 1.54) is 4.68 Å². The van der Waals surface area contributed by atoms with E-state index in [4.69, 9.17) is 23.2 Å². The maximum atomic E-state index is 12.6. The molecule has 2 heterocycles. The lowest BCUT2D eigenvalue weighted by Crippen LogP contribution is -2.21. The molecule has 1 amide bonds. The molecule has 11 heteroatoms. The van der Waals surface area contributed by atoms with Gasteiger partial charge in [-0.2, -0.15) is 10.2 Å². The average Bonchev–Trinajstić information content (AvgIpc) is 3.07. The lowest BCUT2D eigenvalue weighted by atomic mass is 10.2. The number of carbonyl (C=O) groups excluding carboxylic acids is 1. The highest BCUT2D eigenvalue weighted by atomic mass is 35.5. The molecule has 9 nitrogen and oxygen atoms in total. The molecule has 3 rings (SSSR count). The van der Waals surface area contributed by atoms with E-state index in [-0.39, 0.29) is 23.8 Å². The topological polar surface area (TPSA) is 108 Å². The van der Waals surface area contributed by atoms with Crippen LogP contribution < -0.4 is 5.32 Å². The van der Waals surface area contributed by atoms with Crippen molar-refractivity contribution in [2.45, 2.75) is 40.8 Å². The molecule has 0 aliphatic heterocycles. The third kappa shape index (κ3) is 4.31. The Morgan fingerprint density at radius 3 is 2.37 bits per heavy atom. The molecule has 2 aromatic heterocycles. The molecule has 0 fully saturated rings.